The number of carbonyl (C=O) groups is 1. The number of esters is 1. The third kappa shape index (κ3) is 6.21. The summed E-state index contributed by atoms with van der Waals surface area (Å²) in [6.45, 7) is 4.42. The molecule has 0 radical (unpaired) electrons. The Kier molecular flexibility index (Phi) is 8.95. The van der Waals surface area contributed by atoms with Crippen LogP contribution in [0.5, 0.6) is 23.0 Å². The highest BCUT2D eigenvalue weighted by atomic mass is 35.5. The number of benzene rings is 3. The summed E-state index contributed by atoms with van der Waals surface area (Å²) in [5.41, 5.74) is 3.08. The molecule has 2 aliphatic rings. The zero-order valence-corrected chi connectivity index (χ0v) is 26.6. The van der Waals surface area contributed by atoms with Crippen molar-refractivity contribution in [3.63, 3.8) is 0 Å². The summed E-state index contributed by atoms with van der Waals surface area (Å²) in [5.74, 6) is 1.75. The number of hydrogen-bond acceptors (Lipinski definition) is 9. The number of methoxy groups -OCH3 is 1. The topological polar surface area (TPSA) is 97.6 Å². The number of carbonyl (C=O) groups excluding carboxylic acids is 1. The van der Waals surface area contributed by atoms with Gasteiger partial charge < -0.3 is 23.7 Å². The largest absolute Gasteiger partial charge is 0.493 e. The summed E-state index contributed by atoms with van der Waals surface area (Å²) in [7, 11) is 1.57. The van der Waals surface area contributed by atoms with Crippen molar-refractivity contribution in [1.29, 1.82) is 0 Å². The van der Waals surface area contributed by atoms with Crippen LogP contribution in [0.15, 0.2) is 81.7 Å². The maximum Gasteiger partial charge on any atom is 0.338 e. The minimum absolute atomic E-state index is 0.109. The molecular formula is C34H31ClN2O7S. The minimum atomic E-state index is -0.753. The Labute approximate surface area is 268 Å². The van der Waals surface area contributed by atoms with Gasteiger partial charge in [-0.1, -0.05) is 60.5 Å². The van der Waals surface area contributed by atoms with Gasteiger partial charge in [0.15, 0.2) is 27.8 Å². The van der Waals surface area contributed by atoms with Crippen molar-refractivity contribution in [2.75, 3.05) is 20.5 Å². The standard InChI is InChI=1S/C34H31ClN2O7S/c1-4-6-24-30(33(39)41-5-2)31(22-10-14-26-28(17-22)44-19-43-26)37-32(38)29(45-34(37)36-24)16-21-9-13-25(27(15-21)40-3)42-18-20-7-11-23(35)12-8-20/h7-17,31H,4-6,18-19H2,1-3H3/b29-16-. The highest BCUT2D eigenvalue weighted by Gasteiger charge is 2.35. The smallest absolute Gasteiger partial charge is 0.338 e. The normalized spacial score (nSPS) is 15.5. The fourth-order valence-corrected chi connectivity index (χ4v) is 6.45. The molecule has 232 valence electrons. The van der Waals surface area contributed by atoms with Crippen molar-refractivity contribution in [1.82, 2.24) is 4.57 Å². The molecule has 2 aliphatic heterocycles. The minimum Gasteiger partial charge on any atom is -0.493 e. The van der Waals surface area contributed by atoms with Gasteiger partial charge in [0.1, 0.15) is 6.61 Å². The van der Waals surface area contributed by atoms with Crippen molar-refractivity contribution >= 4 is 35.0 Å². The van der Waals surface area contributed by atoms with Crippen molar-refractivity contribution < 1.29 is 28.5 Å². The van der Waals surface area contributed by atoms with Gasteiger partial charge in [0, 0.05) is 5.02 Å². The predicted octanol–water partition coefficient (Wildman–Crippen LogP) is 5.55. The Morgan fingerprint density at radius 2 is 1.87 bits per heavy atom. The van der Waals surface area contributed by atoms with Crippen molar-refractivity contribution in [3.8, 4) is 23.0 Å². The SMILES string of the molecule is CCCC1=C(C(=O)OCC)C(c2ccc3c(c2)OCO3)n2c(s/c(=C\c3ccc(OCc4ccc(Cl)cc4)c(OC)c3)c2=O)=N1. The number of halogens is 1. The summed E-state index contributed by atoms with van der Waals surface area (Å²) in [6, 6.07) is 17.6. The first-order valence-corrected chi connectivity index (χ1v) is 15.8. The van der Waals surface area contributed by atoms with E-state index < -0.39 is 12.0 Å². The molecule has 45 heavy (non-hydrogen) atoms. The highest BCUT2D eigenvalue weighted by Crippen LogP contribution is 2.39. The van der Waals surface area contributed by atoms with Crippen molar-refractivity contribution in [2.24, 2.45) is 4.99 Å². The molecule has 0 aliphatic carbocycles. The van der Waals surface area contributed by atoms with E-state index >= 15 is 0 Å². The summed E-state index contributed by atoms with van der Waals surface area (Å²) in [6.07, 6.45) is 3.10. The van der Waals surface area contributed by atoms with Crippen LogP contribution in [-0.2, 0) is 16.1 Å². The van der Waals surface area contributed by atoms with E-state index in [4.69, 9.17) is 40.3 Å². The van der Waals surface area contributed by atoms with Crippen LogP contribution in [0.2, 0.25) is 5.02 Å². The van der Waals surface area contributed by atoms with E-state index in [0.717, 1.165) is 17.5 Å². The second kappa shape index (κ2) is 13.2. The molecule has 0 spiro atoms. The van der Waals surface area contributed by atoms with Gasteiger partial charge in [-0.3, -0.25) is 9.36 Å². The molecule has 0 bridgehead atoms. The predicted molar refractivity (Wildman–Crippen MR) is 171 cm³/mol. The number of thiazole rings is 1. The van der Waals surface area contributed by atoms with E-state index in [-0.39, 0.29) is 19.0 Å². The quantitative estimate of drug-likeness (QED) is 0.209. The van der Waals surface area contributed by atoms with Crippen LogP contribution in [-0.4, -0.2) is 31.0 Å². The Bertz CT molecular complexity index is 1960. The number of allylic oxidation sites excluding steroid dienone is 1. The molecule has 0 saturated carbocycles. The first kappa shape index (κ1) is 30.5. The molecule has 0 fully saturated rings. The average Bonchev–Trinajstić information content (AvgIpc) is 3.64. The first-order valence-electron chi connectivity index (χ1n) is 14.6. The van der Waals surface area contributed by atoms with Gasteiger partial charge in [0.25, 0.3) is 5.56 Å². The number of ether oxygens (including phenoxy) is 5. The molecule has 1 atom stereocenters. The molecule has 0 saturated heterocycles. The molecule has 3 aromatic carbocycles. The lowest BCUT2D eigenvalue weighted by molar-refractivity contribution is -0.139. The molecular weight excluding hydrogens is 616 g/mol. The zero-order chi connectivity index (χ0) is 31.5. The van der Waals surface area contributed by atoms with E-state index in [2.05, 4.69) is 0 Å². The van der Waals surface area contributed by atoms with Gasteiger partial charge in [0.05, 0.1) is 35.6 Å². The van der Waals surface area contributed by atoms with E-state index in [1.807, 2.05) is 61.5 Å². The maximum absolute atomic E-state index is 14.1. The van der Waals surface area contributed by atoms with Crippen LogP contribution in [0.1, 0.15) is 49.4 Å². The van der Waals surface area contributed by atoms with Crippen molar-refractivity contribution in [3.05, 3.63) is 113 Å². The number of rotatable bonds is 10. The molecule has 1 unspecified atom stereocenters. The van der Waals surface area contributed by atoms with Gasteiger partial charge in [-0.25, -0.2) is 9.79 Å². The lowest BCUT2D eigenvalue weighted by Crippen LogP contribution is -2.40. The van der Waals surface area contributed by atoms with Gasteiger partial charge in [-0.05, 0) is 72.5 Å². The van der Waals surface area contributed by atoms with Crippen LogP contribution in [0.4, 0.5) is 0 Å². The Morgan fingerprint density at radius 1 is 1.07 bits per heavy atom. The monoisotopic (exact) mass is 646 g/mol. The van der Waals surface area contributed by atoms with Gasteiger partial charge >= 0.3 is 5.97 Å². The van der Waals surface area contributed by atoms with Crippen LogP contribution in [0.25, 0.3) is 6.08 Å². The van der Waals surface area contributed by atoms with Crippen LogP contribution >= 0.6 is 22.9 Å². The summed E-state index contributed by atoms with van der Waals surface area (Å²) in [4.78, 5) is 32.9. The summed E-state index contributed by atoms with van der Waals surface area (Å²) in [5, 5.41) is 0.659. The third-order valence-corrected chi connectivity index (χ3v) is 8.63. The molecule has 0 amide bonds. The Hall–Kier alpha value is -4.54. The molecule has 9 nitrogen and oxygen atoms in total. The molecule has 6 rings (SSSR count). The molecule has 1 aromatic heterocycles. The fourth-order valence-electron chi connectivity index (χ4n) is 5.31. The van der Waals surface area contributed by atoms with Crippen LogP contribution in [0.3, 0.4) is 0 Å². The lowest BCUT2D eigenvalue weighted by atomic mass is 9.94. The number of hydrogen-bond donors (Lipinski definition) is 0. The summed E-state index contributed by atoms with van der Waals surface area (Å²) < 4.78 is 30.3. The Balaban J connectivity index is 1.42. The zero-order valence-electron chi connectivity index (χ0n) is 25.0. The van der Waals surface area contributed by atoms with E-state index in [1.54, 1.807) is 30.7 Å². The van der Waals surface area contributed by atoms with Crippen LogP contribution in [0, 0.1) is 0 Å². The summed E-state index contributed by atoms with van der Waals surface area (Å²) >= 11 is 7.26. The van der Waals surface area contributed by atoms with Gasteiger partial charge in [-0.15, -0.1) is 0 Å². The second-order valence-electron chi connectivity index (χ2n) is 10.4. The van der Waals surface area contributed by atoms with Crippen molar-refractivity contribution in [2.45, 2.75) is 39.3 Å². The molecule has 4 aromatic rings. The molecule has 3 heterocycles. The lowest BCUT2D eigenvalue weighted by Gasteiger charge is -2.25. The van der Waals surface area contributed by atoms with E-state index in [9.17, 15) is 9.59 Å². The Morgan fingerprint density at radius 3 is 2.62 bits per heavy atom. The maximum atomic E-state index is 14.1. The van der Waals surface area contributed by atoms with Gasteiger partial charge in [-0.2, -0.15) is 0 Å². The number of fused-ring (bicyclic) bond motifs is 2. The molecule has 11 heteroatoms. The van der Waals surface area contributed by atoms with Gasteiger partial charge in [0.2, 0.25) is 6.79 Å². The van der Waals surface area contributed by atoms with Crippen LogP contribution < -0.4 is 33.8 Å². The highest BCUT2D eigenvalue weighted by molar-refractivity contribution is 7.07. The fraction of sp³-hybridized carbons (Fsp3) is 0.265. The molecule has 0 N–H and O–H groups in total. The van der Waals surface area contributed by atoms with E-state index in [0.29, 0.717) is 67.2 Å². The first-order chi connectivity index (χ1) is 21.9. The number of aromatic nitrogens is 1. The average molecular weight is 647 g/mol. The second-order valence-corrected chi connectivity index (χ2v) is 11.8. The third-order valence-electron chi connectivity index (χ3n) is 7.40. The number of nitrogens with zero attached hydrogens (tertiary/aromatic N) is 2. The van der Waals surface area contributed by atoms with E-state index in [1.165, 1.54) is 11.3 Å².